The van der Waals surface area contributed by atoms with Crippen LogP contribution in [-0.2, 0) is 6.61 Å². The van der Waals surface area contributed by atoms with Gasteiger partial charge in [0.25, 0.3) is 5.56 Å². The summed E-state index contributed by atoms with van der Waals surface area (Å²) in [6.07, 6.45) is 0. The first-order valence-electron chi connectivity index (χ1n) is 7.65. The lowest BCUT2D eigenvalue weighted by molar-refractivity contribution is -0.0500. The third-order valence-corrected chi connectivity index (χ3v) is 3.92. The van der Waals surface area contributed by atoms with Crippen molar-refractivity contribution in [1.29, 1.82) is 0 Å². The number of aromatic amines is 1. The summed E-state index contributed by atoms with van der Waals surface area (Å²) in [7, 11) is 0. The number of hydrogen-bond acceptors (Lipinski definition) is 5. The number of halogens is 3. The predicted octanol–water partition coefficient (Wildman–Crippen LogP) is 2.27. The first-order valence-corrected chi connectivity index (χ1v) is 7.65. The Morgan fingerprint density at radius 3 is 2.73 bits per heavy atom. The first-order chi connectivity index (χ1) is 12.3. The summed E-state index contributed by atoms with van der Waals surface area (Å²) in [5, 5.41) is 13.7. The summed E-state index contributed by atoms with van der Waals surface area (Å²) in [5.74, 6) is -0.742. The molecule has 26 heavy (non-hydrogen) atoms. The van der Waals surface area contributed by atoms with Gasteiger partial charge in [0, 0.05) is 11.6 Å². The van der Waals surface area contributed by atoms with E-state index < -0.39 is 30.6 Å². The summed E-state index contributed by atoms with van der Waals surface area (Å²) in [5.41, 5.74) is -0.0230. The van der Waals surface area contributed by atoms with Crippen LogP contribution in [0, 0.1) is 12.7 Å². The van der Waals surface area contributed by atoms with Crippen LogP contribution >= 0.6 is 0 Å². The maximum Gasteiger partial charge on any atom is 0.387 e. The molecule has 3 rings (SSSR count). The van der Waals surface area contributed by atoms with Gasteiger partial charge in [-0.2, -0.15) is 13.9 Å². The first kappa shape index (κ1) is 17.9. The number of aliphatic hydroxyl groups excluding tert-OH is 1. The summed E-state index contributed by atoms with van der Waals surface area (Å²) >= 11 is 0. The standard InChI is InChI=1S/C16H15F3N4O3/c1-7(10-4-3-9(5-11(10)17)26-16(18)19)23-14-13(12(6-24)22-23)15(25)21-8(2)20-14/h3-5,7,16,24H,6H2,1-2H3,(H,20,21,25)/t7-/m1/s1. The SMILES string of the molecule is Cc1nc2c(c(CO)nn2[C@H](C)c2ccc(OC(F)F)cc2F)c(=O)[nH]1. The molecule has 1 atom stereocenters. The minimum absolute atomic E-state index is 0.110. The van der Waals surface area contributed by atoms with E-state index in [9.17, 15) is 23.1 Å². The van der Waals surface area contributed by atoms with Crippen LogP contribution in [0.2, 0.25) is 0 Å². The van der Waals surface area contributed by atoms with E-state index in [2.05, 4.69) is 19.8 Å². The van der Waals surface area contributed by atoms with Crippen LogP contribution in [0.5, 0.6) is 5.75 Å². The number of ether oxygens (including phenoxy) is 1. The van der Waals surface area contributed by atoms with Crippen LogP contribution in [0.3, 0.4) is 0 Å². The molecule has 0 radical (unpaired) electrons. The monoisotopic (exact) mass is 368 g/mol. The number of nitrogens with one attached hydrogen (secondary N) is 1. The van der Waals surface area contributed by atoms with Crippen molar-refractivity contribution in [3.8, 4) is 5.75 Å². The lowest BCUT2D eigenvalue weighted by Crippen LogP contribution is -2.14. The lowest BCUT2D eigenvalue weighted by Gasteiger charge is -2.15. The second kappa shape index (κ2) is 6.79. The van der Waals surface area contributed by atoms with E-state index in [-0.39, 0.29) is 28.0 Å². The van der Waals surface area contributed by atoms with Gasteiger partial charge >= 0.3 is 6.61 Å². The molecule has 0 fully saturated rings. The van der Waals surface area contributed by atoms with E-state index >= 15 is 0 Å². The smallest absolute Gasteiger partial charge is 0.387 e. The number of rotatable bonds is 5. The molecule has 2 aromatic heterocycles. The van der Waals surface area contributed by atoms with E-state index in [1.165, 1.54) is 16.8 Å². The molecule has 1 aromatic carbocycles. The molecule has 10 heteroatoms. The van der Waals surface area contributed by atoms with E-state index in [1.54, 1.807) is 13.8 Å². The van der Waals surface area contributed by atoms with Crippen molar-refractivity contribution in [3.05, 3.63) is 51.5 Å². The highest BCUT2D eigenvalue weighted by Crippen LogP contribution is 2.27. The van der Waals surface area contributed by atoms with Crippen LogP contribution in [0.4, 0.5) is 13.2 Å². The largest absolute Gasteiger partial charge is 0.435 e. The van der Waals surface area contributed by atoms with Gasteiger partial charge in [0.15, 0.2) is 5.65 Å². The molecule has 0 amide bonds. The van der Waals surface area contributed by atoms with Crippen LogP contribution in [0.1, 0.15) is 30.0 Å². The topological polar surface area (TPSA) is 93.0 Å². The van der Waals surface area contributed by atoms with Crippen molar-refractivity contribution in [1.82, 2.24) is 19.7 Å². The van der Waals surface area contributed by atoms with Gasteiger partial charge in [-0.3, -0.25) is 4.79 Å². The second-order valence-corrected chi connectivity index (χ2v) is 5.64. The van der Waals surface area contributed by atoms with Gasteiger partial charge in [-0.1, -0.05) is 6.07 Å². The number of H-pyrrole nitrogens is 1. The Hall–Kier alpha value is -2.88. The van der Waals surface area contributed by atoms with Crippen LogP contribution < -0.4 is 10.3 Å². The van der Waals surface area contributed by atoms with Gasteiger partial charge in [-0.15, -0.1) is 0 Å². The van der Waals surface area contributed by atoms with Gasteiger partial charge in [0.1, 0.15) is 28.5 Å². The number of fused-ring (bicyclic) bond motifs is 1. The van der Waals surface area contributed by atoms with E-state index in [4.69, 9.17) is 0 Å². The highest BCUT2D eigenvalue weighted by molar-refractivity contribution is 5.77. The van der Waals surface area contributed by atoms with Gasteiger partial charge < -0.3 is 14.8 Å². The quantitative estimate of drug-likeness (QED) is 0.721. The molecule has 0 spiro atoms. The number of hydrogen-bond donors (Lipinski definition) is 2. The molecular formula is C16H15F3N4O3. The molecule has 0 aliphatic carbocycles. The van der Waals surface area contributed by atoms with E-state index in [0.29, 0.717) is 5.82 Å². The Bertz CT molecular complexity index is 1020. The second-order valence-electron chi connectivity index (χ2n) is 5.64. The van der Waals surface area contributed by atoms with Crippen molar-refractivity contribution >= 4 is 11.0 Å². The van der Waals surface area contributed by atoms with Crippen molar-refractivity contribution in [3.63, 3.8) is 0 Å². The molecule has 0 saturated heterocycles. The average molecular weight is 368 g/mol. The molecule has 7 nitrogen and oxygen atoms in total. The van der Waals surface area contributed by atoms with Crippen LogP contribution in [-0.4, -0.2) is 31.5 Å². The van der Waals surface area contributed by atoms with Crippen molar-refractivity contribution in [2.24, 2.45) is 0 Å². The fourth-order valence-electron chi connectivity index (χ4n) is 2.76. The van der Waals surface area contributed by atoms with E-state index in [0.717, 1.165) is 6.07 Å². The van der Waals surface area contributed by atoms with Crippen molar-refractivity contribution in [2.45, 2.75) is 33.1 Å². The van der Waals surface area contributed by atoms with Crippen molar-refractivity contribution in [2.75, 3.05) is 0 Å². The molecular weight excluding hydrogens is 353 g/mol. The Balaban J connectivity index is 2.11. The number of aliphatic hydroxyl groups is 1. The summed E-state index contributed by atoms with van der Waals surface area (Å²) in [6.45, 7) is -0.358. The highest BCUT2D eigenvalue weighted by Gasteiger charge is 2.22. The normalized spacial score (nSPS) is 12.7. The molecule has 2 heterocycles. The maximum absolute atomic E-state index is 14.4. The third-order valence-electron chi connectivity index (χ3n) is 3.92. The van der Waals surface area contributed by atoms with E-state index in [1.807, 2.05) is 0 Å². The Labute approximate surface area is 145 Å². The third kappa shape index (κ3) is 3.15. The molecule has 0 aliphatic heterocycles. The van der Waals surface area contributed by atoms with Gasteiger partial charge in [0.05, 0.1) is 12.6 Å². The number of nitrogens with zero attached hydrogens (tertiary/aromatic N) is 3. The zero-order valence-electron chi connectivity index (χ0n) is 13.8. The Morgan fingerprint density at radius 2 is 2.12 bits per heavy atom. The fourth-order valence-corrected chi connectivity index (χ4v) is 2.76. The highest BCUT2D eigenvalue weighted by atomic mass is 19.3. The van der Waals surface area contributed by atoms with Gasteiger partial charge in [-0.25, -0.2) is 14.1 Å². The fraction of sp³-hybridized carbons (Fsp3) is 0.312. The number of aryl methyl sites for hydroxylation is 1. The van der Waals surface area contributed by atoms with Crippen molar-refractivity contribution < 1.29 is 23.0 Å². The Kier molecular flexibility index (Phi) is 4.68. The zero-order chi connectivity index (χ0) is 19.0. The zero-order valence-corrected chi connectivity index (χ0v) is 13.8. The lowest BCUT2D eigenvalue weighted by atomic mass is 10.1. The molecule has 0 aliphatic rings. The van der Waals surface area contributed by atoms with Gasteiger partial charge in [0.2, 0.25) is 0 Å². The number of aromatic nitrogens is 4. The summed E-state index contributed by atoms with van der Waals surface area (Å²) < 4.78 is 44.4. The minimum Gasteiger partial charge on any atom is -0.435 e. The summed E-state index contributed by atoms with van der Waals surface area (Å²) in [6, 6.07) is 2.64. The molecule has 3 aromatic rings. The van der Waals surface area contributed by atoms with Crippen LogP contribution in [0.25, 0.3) is 11.0 Å². The molecule has 138 valence electrons. The molecule has 0 unspecified atom stereocenters. The minimum atomic E-state index is -3.06. The predicted molar refractivity (Wildman–Crippen MR) is 85.7 cm³/mol. The molecule has 0 saturated carbocycles. The van der Waals surface area contributed by atoms with Crippen LogP contribution in [0.15, 0.2) is 23.0 Å². The van der Waals surface area contributed by atoms with Gasteiger partial charge in [-0.05, 0) is 19.9 Å². The Morgan fingerprint density at radius 1 is 1.38 bits per heavy atom. The molecule has 0 bridgehead atoms. The average Bonchev–Trinajstić information content (AvgIpc) is 2.92. The summed E-state index contributed by atoms with van der Waals surface area (Å²) in [4.78, 5) is 18.9. The maximum atomic E-state index is 14.4. The molecule has 2 N–H and O–H groups in total. The number of benzene rings is 1. The number of alkyl halides is 2.